The molecule has 4 rings (SSSR count). The quantitative estimate of drug-likeness (QED) is 0.284. The molecule has 9 nitrogen and oxygen atoms in total. The molecule has 0 spiro atoms. The van der Waals surface area contributed by atoms with Gasteiger partial charge in [-0.25, -0.2) is 19.6 Å². The minimum atomic E-state index is 0. The maximum absolute atomic E-state index is 4.75. The van der Waals surface area contributed by atoms with Gasteiger partial charge in [0.15, 0.2) is 11.8 Å². The van der Waals surface area contributed by atoms with E-state index < -0.39 is 0 Å². The predicted molar refractivity (Wildman–Crippen MR) is 117 cm³/mol. The minimum absolute atomic E-state index is 0. The van der Waals surface area contributed by atoms with Crippen molar-refractivity contribution < 1.29 is 0 Å². The van der Waals surface area contributed by atoms with E-state index in [9.17, 15) is 0 Å². The third-order valence-electron chi connectivity index (χ3n) is 4.53. The molecule has 3 aromatic rings. The average Bonchev–Trinajstić information content (AvgIpc) is 3.38. The van der Waals surface area contributed by atoms with E-state index in [0.717, 1.165) is 54.7 Å². The first-order valence-corrected chi connectivity index (χ1v) is 9.18. The Morgan fingerprint density at radius 3 is 3.07 bits per heavy atom. The lowest BCUT2D eigenvalue weighted by Crippen LogP contribution is -2.47. The van der Waals surface area contributed by atoms with Gasteiger partial charge in [0.1, 0.15) is 18.5 Å². The molecule has 2 aromatic heterocycles. The highest BCUT2D eigenvalue weighted by Crippen LogP contribution is 2.16. The number of hydrogen-bond acceptors (Lipinski definition) is 5. The first-order valence-electron chi connectivity index (χ1n) is 9.18. The van der Waals surface area contributed by atoms with Gasteiger partial charge in [-0.2, -0.15) is 10.2 Å². The van der Waals surface area contributed by atoms with Crippen LogP contribution in [-0.4, -0.2) is 48.5 Å². The summed E-state index contributed by atoms with van der Waals surface area (Å²) in [5, 5.41) is 17.9. The summed E-state index contributed by atoms with van der Waals surface area (Å²) in [7, 11) is 0. The molecular formula is C18H24IN9. The van der Waals surface area contributed by atoms with Crippen LogP contribution in [0.3, 0.4) is 0 Å². The molecule has 1 atom stereocenters. The van der Waals surface area contributed by atoms with Gasteiger partial charge in [0.25, 0.3) is 0 Å². The van der Waals surface area contributed by atoms with Crippen molar-refractivity contribution >= 4 is 29.9 Å². The summed E-state index contributed by atoms with van der Waals surface area (Å²) in [6.45, 7) is 4.27. The van der Waals surface area contributed by atoms with Crippen LogP contribution >= 0.6 is 24.0 Å². The smallest absolute Gasteiger partial charge is 0.191 e. The van der Waals surface area contributed by atoms with Crippen LogP contribution in [0.1, 0.15) is 24.7 Å². The number of aromatic amines is 1. The number of benzene rings is 1. The summed E-state index contributed by atoms with van der Waals surface area (Å²) in [5.74, 6) is 2.63. The number of guanidine groups is 1. The molecule has 0 fully saturated rings. The summed E-state index contributed by atoms with van der Waals surface area (Å²) in [5.41, 5.74) is 2.12. The van der Waals surface area contributed by atoms with E-state index >= 15 is 0 Å². The number of rotatable bonds is 5. The normalized spacial score (nSPS) is 16.2. The van der Waals surface area contributed by atoms with Gasteiger partial charge in [-0.05, 0) is 25.0 Å². The zero-order valence-corrected chi connectivity index (χ0v) is 18.0. The van der Waals surface area contributed by atoms with E-state index in [-0.39, 0.29) is 30.0 Å². The van der Waals surface area contributed by atoms with Gasteiger partial charge < -0.3 is 10.6 Å². The number of H-pyrrole nitrogens is 1. The Kier molecular flexibility index (Phi) is 6.95. The number of fused-ring (bicyclic) bond motifs is 1. The standard InChI is InChI=1S/C18H23N9.HI/c1-2-19-18(25-15-6-7-16-21-12-24-27(16)10-15)20-9-13-4-3-5-14(8-13)17-22-11-23-26-17;/h3-5,8,11-12,15H,2,6-7,9-10H2,1H3,(H2,19,20,25)(H,22,23,26);1H. The van der Waals surface area contributed by atoms with Gasteiger partial charge >= 0.3 is 0 Å². The average molecular weight is 493 g/mol. The lowest BCUT2D eigenvalue weighted by Gasteiger charge is -2.25. The molecule has 0 aliphatic carbocycles. The molecule has 148 valence electrons. The maximum Gasteiger partial charge on any atom is 0.191 e. The highest BCUT2D eigenvalue weighted by Gasteiger charge is 2.20. The van der Waals surface area contributed by atoms with E-state index in [1.807, 2.05) is 16.8 Å². The second-order valence-electron chi connectivity index (χ2n) is 6.47. The third kappa shape index (κ3) is 4.86. The first kappa shape index (κ1) is 20.2. The van der Waals surface area contributed by atoms with Crippen LogP contribution in [0.25, 0.3) is 11.4 Å². The number of aliphatic imine (C=N–C) groups is 1. The third-order valence-corrected chi connectivity index (χ3v) is 4.53. The molecule has 3 heterocycles. The van der Waals surface area contributed by atoms with Crippen molar-refractivity contribution in [1.82, 2.24) is 40.6 Å². The zero-order chi connectivity index (χ0) is 18.5. The number of aromatic nitrogens is 6. The SMILES string of the molecule is CCNC(=NCc1cccc(-c2ncn[nH]2)c1)NC1CCc2ncnn2C1.I. The van der Waals surface area contributed by atoms with Gasteiger partial charge in [0.2, 0.25) is 0 Å². The Labute approximate surface area is 180 Å². The Morgan fingerprint density at radius 2 is 2.25 bits per heavy atom. The molecule has 1 aromatic carbocycles. The van der Waals surface area contributed by atoms with E-state index in [2.05, 4.69) is 55.0 Å². The van der Waals surface area contributed by atoms with Crippen molar-refractivity contribution in [3.8, 4) is 11.4 Å². The van der Waals surface area contributed by atoms with Crippen LogP contribution in [0, 0.1) is 0 Å². The zero-order valence-electron chi connectivity index (χ0n) is 15.7. The highest BCUT2D eigenvalue weighted by molar-refractivity contribution is 14.0. The van der Waals surface area contributed by atoms with Gasteiger partial charge in [0, 0.05) is 24.6 Å². The van der Waals surface area contributed by atoms with E-state index in [0.29, 0.717) is 6.54 Å². The number of nitrogens with zero attached hydrogens (tertiary/aromatic N) is 6. The van der Waals surface area contributed by atoms with Crippen molar-refractivity contribution in [2.75, 3.05) is 6.54 Å². The predicted octanol–water partition coefficient (Wildman–Crippen LogP) is 1.75. The van der Waals surface area contributed by atoms with Crippen LogP contribution in [-0.2, 0) is 19.5 Å². The summed E-state index contributed by atoms with van der Waals surface area (Å²) in [4.78, 5) is 13.2. The molecule has 1 unspecified atom stereocenters. The van der Waals surface area contributed by atoms with Crippen LogP contribution in [0.4, 0.5) is 0 Å². The molecule has 0 amide bonds. The van der Waals surface area contributed by atoms with Crippen LogP contribution in [0.2, 0.25) is 0 Å². The topological polar surface area (TPSA) is 109 Å². The van der Waals surface area contributed by atoms with Crippen molar-refractivity contribution in [2.24, 2.45) is 4.99 Å². The highest BCUT2D eigenvalue weighted by atomic mass is 127. The monoisotopic (exact) mass is 493 g/mol. The molecule has 1 aliphatic heterocycles. The van der Waals surface area contributed by atoms with Crippen molar-refractivity contribution in [2.45, 2.75) is 38.9 Å². The molecule has 3 N–H and O–H groups in total. The Hall–Kier alpha value is -2.50. The number of hydrogen-bond donors (Lipinski definition) is 3. The minimum Gasteiger partial charge on any atom is -0.357 e. The summed E-state index contributed by atoms with van der Waals surface area (Å²) in [6.07, 6.45) is 5.08. The van der Waals surface area contributed by atoms with E-state index in [4.69, 9.17) is 4.99 Å². The number of aryl methyl sites for hydroxylation is 1. The lowest BCUT2D eigenvalue weighted by molar-refractivity contribution is 0.392. The van der Waals surface area contributed by atoms with Crippen LogP contribution < -0.4 is 10.6 Å². The fourth-order valence-corrected chi connectivity index (χ4v) is 3.20. The van der Waals surface area contributed by atoms with Crippen LogP contribution in [0.5, 0.6) is 0 Å². The maximum atomic E-state index is 4.75. The molecule has 10 heteroatoms. The fourth-order valence-electron chi connectivity index (χ4n) is 3.20. The largest absolute Gasteiger partial charge is 0.357 e. The Bertz CT molecular complexity index is 903. The van der Waals surface area contributed by atoms with Gasteiger partial charge in [-0.15, -0.1) is 24.0 Å². The van der Waals surface area contributed by atoms with Crippen molar-refractivity contribution in [3.63, 3.8) is 0 Å². The van der Waals surface area contributed by atoms with Crippen molar-refractivity contribution in [3.05, 3.63) is 48.3 Å². The summed E-state index contributed by atoms with van der Waals surface area (Å²) in [6, 6.07) is 8.45. The van der Waals surface area contributed by atoms with Gasteiger partial charge in [-0.3, -0.25) is 5.10 Å². The first-order chi connectivity index (χ1) is 13.3. The summed E-state index contributed by atoms with van der Waals surface area (Å²) < 4.78 is 1.96. The fraction of sp³-hybridized carbons (Fsp3) is 0.389. The Morgan fingerprint density at radius 1 is 1.32 bits per heavy atom. The molecule has 0 bridgehead atoms. The van der Waals surface area contributed by atoms with Gasteiger partial charge in [0.05, 0.1) is 13.1 Å². The molecular weight excluding hydrogens is 469 g/mol. The number of nitrogens with one attached hydrogen (secondary N) is 3. The Balaban J connectivity index is 0.00000225. The second-order valence-corrected chi connectivity index (χ2v) is 6.47. The second kappa shape index (κ2) is 9.62. The molecule has 0 saturated carbocycles. The van der Waals surface area contributed by atoms with Crippen LogP contribution in [0.15, 0.2) is 41.9 Å². The molecule has 28 heavy (non-hydrogen) atoms. The molecule has 0 radical (unpaired) electrons. The van der Waals surface area contributed by atoms with E-state index in [1.165, 1.54) is 6.33 Å². The lowest BCUT2D eigenvalue weighted by atomic mass is 10.1. The molecule has 1 aliphatic rings. The molecule has 0 saturated heterocycles. The van der Waals surface area contributed by atoms with Crippen molar-refractivity contribution in [1.29, 1.82) is 0 Å². The number of halogens is 1. The van der Waals surface area contributed by atoms with Gasteiger partial charge in [-0.1, -0.05) is 18.2 Å². The van der Waals surface area contributed by atoms with E-state index in [1.54, 1.807) is 6.33 Å². The summed E-state index contributed by atoms with van der Waals surface area (Å²) >= 11 is 0.